The number of rotatable bonds is 7. The lowest BCUT2D eigenvalue weighted by atomic mass is 10.3. The van der Waals surface area contributed by atoms with Crippen LogP contribution < -0.4 is 16.0 Å². The van der Waals surface area contributed by atoms with Crippen LogP contribution in [0.25, 0.3) is 0 Å². The van der Waals surface area contributed by atoms with E-state index in [2.05, 4.69) is 16.0 Å². The van der Waals surface area contributed by atoms with Crippen LogP contribution in [0.5, 0.6) is 0 Å². The van der Waals surface area contributed by atoms with E-state index in [1.54, 1.807) is 14.1 Å². The van der Waals surface area contributed by atoms with Gasteiger partial charge in [-0.05, 0) is 13.0 Å². The highest BCUT2D eigenvalue weighted by Gasteiger charge is 1.98. The van der Waals surface area contributed by atoms with Gasteiger partial charge in [0.15, 0.2) is 0 Å². The van der Waals surface area contributed by atoms with Gasteiger partial charge < -0.3 is 16.0 Å². The highest BCUT2D eigenvalue weighted by molar-refractivity contribution is 5.75. The lowest BCUT2D eigenvalue weighted by Gasteiger charge is -2.03. The fourth-order valence-electron chi connectivity index (χ4n) is 0.951. The van der Waals surface area contributed by atoms with Gasteiger partial charge in [-0.15, -0.1) is 0 Å². The van der Waals surface area contributed by atoms with Crippen LogP contribution in [-0.2, 0) is 9.59 Å². The Morgan fingerprint density at radius 2 is 1.50 bits per heavy atom. The van der Waals surface area contributed by atoms with Gasteiger partial charge in [-0.25, -0.2) is 0 Å². The minimum absolute atomic E-state index is 0.0313. The summed E-state index contributed by atoms with van der Waals surface area (Å²) in [5.74, 6) is 0.0851. The average Bonchev–Trinajstić information content (AvgIpc) is 2.22. The molecule has 0 radical (unpaired) electrons. The molecule has 5 heteroatoms. The molecule has 0 aliphatic heterocycles. The molecule has 0 aromatic carbocycles. The highest BCUT2D eigenvalue weighted by atomic mass is 16.2. The predicted molar refractivity (Wildman–Crippen MR) is 54.9 cm³/mol. The zero-order valence-corrected chi connectivity index (χ0v) is 8.85. The van der Waals surface area contributed by atoms with Gasteiger partial charge in [-0.3, -0.25) is 9.59 Å². The third-order valence-electron chi connectivity index (χ3n) is 1.84. The molecule has 0 saturated heterocycles. The van der Waals surface area contributed by atoms with Gasteiger partial charge in [0.2, 0.25) is 11.8 Å². The van der Waals surface area contributed by atoms with Crippen LogP contribution in [0.1, 0.15) is 19.3 Å². The first kappa shape index (κ1) is 12.9. The number of carbonyl (C=O) groups excluding carboxylic acids is 2. The van der Waals surface area contributed by atoms with Gasteiger partial charge in [0.25, 0.3) is 0 Å². The van der Waals surface area contributed by atoms with E-state index in [0.717, 1.165) is 13.0 Å². The zero-order chi connectivity index (χ0) is 10.8. The minimum Gasteiger partial charge on any atom is -0.359 e. The molecule has 0 atom stereocenters. The molecule has 0 unspecified atom stereocenters. The van der Waals surface area contributed by atoms with Crippen LogP contribution in [0.15, 0.2) is 0 Å². The van der Waals surface area contributed by atoms with Crippen LogP contribution in [0.3, 0.4) is 0 Å². The van der Waals surface area contributed by atoms with Gasteiger partial charge in [0, 0.05) is 33.5 Å². The van der Waals surface area contributed by atoms with E-state index in [4.69, 9.17) is 0 Å². The minimum atomic E-state index is 0.0313. The second-order valence-corrected chi connectivity index (χ2v) is 2.95. The smallest absolute Gasteiger partial charge is 0.221 e. The second-order valence-electron chi connectivity index (χ2n) is 2.95. The molecule has 0 fully saturated rings. The molecule has 0 bridgehead atoms. The van der Waals surface area contributed by atoms with E-state index in [0.29, 0.717) is 19.4 Å². The van der Waals surface area contributed by atoms with Crippen LogP contribution in [0.4, 0.5) is 0 Å². The van der Waals surface area contributed by atoms with E-state index in [-0.39, 0.29) is 11.8 Å². The quantitative estimate of drug-likeness (QED) is 0.474. The third kappa shape index (κ3) is 7.54. The monoisotopic (exact) mass is 201 g/mol. The molecule has 0 aromatic heterocycles. The molecule has 82 valence electrons. The van der Waals surface area contributed by atoms with Gasteiger partial charge in [-0.1, -0.05) is 0 Å². The van der Waals surface area contributed by atoms with Crippen LogP contribution in [-0.4, -0.2) is 39.0 Å². The van der Waals surface area contributed by atoms with E-state index < -0.39 is 0 Å². The molecular weight excluding hydrogens is 182 g/mol. The topological polar surface area (TPSA) is 70.2 Å². The number of amides is 2. The summed E-state index contributed by atoms with van der Waals surface area (Å²) in [4.78, 5) is 21.6. The Kier molecular flexibility index (Phi) is 7.83. The molecule has 0 saturated carbocycles. The van der Waals surface area contributed by atoms with Crippen molar-refractivity contribution >= 4 is 11.8 Å². The predicted octanol–water partition coefficient (Wildman–Crippen LogP) is -0.762. The summed E-state index contributed by atoms with van der Waals surface area (Å²) in [6, 6.07) is 0. The maximum Gasteiger partial charge on any atom is 0.221 e. The molecule has 2 amide bonds. The van der Waals surface area contributed by atoms with Crippen molar-refractivity contribution in [3.05, 3.63) is 0 Å². The lowest BCUT2D eigenvalue weighted by molar-refractivity contribution is -0.121. The first-order chi connectivity index (χ1) is 6.70. The standard InChI is InChI=1S/C9H19N3O2/c1-10-8(13)4-3-6-12-7-5-9(14)11-2/h12H,3-7H2,1-2H3,(H,10,13)(H,11,14). The second kappa shape index (κ2) is 8.50. The normalized spacial score (nSPS) is 9.57. The first-order valence-electron chi connectivity index (χ1n) is 4.82. The Hall–Kier alpha value is -1.10. The molecule has 3 N–H and O–H groups in total. The van der Waals surface area contributed by atoms with Gasteiger partial charge in [-0.2, -0.15) is 0 Å². The molecule has 0 aromatic rings. The van der Waals surface area contributed by atoms with E-state index in [9.17, 15) is 9.59 Å². The maximum absolute atomic E-state index is 10.8. The third-order valence-corrected chi connectivity index (χ3v) is 1.84. The van der Waals surface area contributed by atoms with Crippen molar-refractivity contribution in [1.82, 2.24) is 16.0 Å². The Morgan fingerprint density at radius 3 is 2.07 bits per heavy atom. The Morgan fingerprint density at radius 1 is 0.929 bits per heavy atom. The fraction of sp³-hybridized carbons (Fsp3) is 0.778. The summed E-state index contributed by atoms with van der Waals surface area (Å²) in [6.07, 6.45) is 1.81. The molecule has 14 heavy (non-hydrogen) atoms. The van der Waals surface area contributed by atoms with Crippen LogP contribution >= 0.6 is 0 Å². The van der Waals surface area contributed by atoms with Gasteiger partial charge in [0.05, 0.1) is 0 Å². The largest absolute Gasteiger partial charge is 0.359 e. The molecule has 0 aliphatic carbocycles. The summed E-state index contributed by atoms with van der Waals surface area (Å²) in [6.45, 7) is 1.43. The van der Waals surface area contributed by atoms with Crippen molar-refractivity contribution in [2.24, 2.45) is 0 Å². The van der Waals surface area contributed by atoms with Crippen molar-refractivity contribution in [2.75, 3.05) is 27.2 Å². The van der Waals surface area contributed by atoms with Crippen molar-refractivity contribution in [3.63, 3.8) is 0 Å². The average molecular weight is 201 g/mol. The summed E-state index contributed by atoms with van der Waals surface area (Å²) in [5, 5.41) is 8.18. The number of hydrogen-bond acceptors (Lipinski definition) is 3. The fourth-order valence-corrected chi connectivity index (χ4v) is 0.951. The summed E-state index contributed by atoms with van der Waals surface area (Å²) in [7, 11) is 3.25. The van der Waals surface area contributed by atoms with Crippen molar-refractivity contribution in [1.29, 1.82) is 0 Å². The van der Waals surface area contributed by atoms with Crippen molar-refractivity contribution < 1.29 is 9.59 Å². The highest BCUT2D eigenvalue weighted by Crippen LogP contribution is 1.86. The van der Waals surface area contributed by atoms with Gasteiger partial charge in [0.1, 0.15) is 0 Å². The van der Waals surface area contributed by atoms with E-state index in [1.165, 1.54) is 0 Å². The molecule has 0 aliphatic rings. The van der Waals surface area contributed by atoms with E-state index in [1.807, 2.05) is 0 Å². The Labute approximate surface area is 84.6 Å². The Bertz CT molecular complexity index is 163. The Balaban J connectivity index is 3.14. The van der Waals surface area contributed by atoms with Crippen molar-refractivity contribution in [2.45, 2.75) is 19.3 Å². The molecular formula is C9H19N3O2. The first-order valence-corrected chi connectivity index (χ1v) is 4.82. The van der Waals surface area contributed by atoms with Crippen LogP contribution in [0.2, 0.25) is 0 Å². The molecule has 0 heterocycles. The number of carbonyl (C=O) groups is 2. The summed E-state index contributed by atoms with van der Waals surface area (Å²) >= 11 is 0. The van der Waals surface area contributed by atoms with Crippen molar-refractivity contribution in [3.8, 4) is 0 Å². The molecule has 0 rings (SSSR count). The SMILES string of the molecule is CNC(=O)CCCNCCC(=O)NC. The number of hydrogen-bond donors (Lipinski definition) is 3. The summed E-state index contributed by atoms with van der Waals surface area (Å²) < 4.78 is 0. The zero-order valence-electron chi connectivity index (χ0n) is 8.85. The lowest BCUT2D eigenvalue weighted by Crippen LogP contribution is -2.26. The maximum atomic E-state index is 10.8. The summed E-state index contributed by atoms with van der Waals surface area (Å²) in [5.41, 5.74) is 0. The van der Waals surface area contributed by atoms with Gasteiger partial charge >= 0.3 is 0 Å². The molecule has 5 nitrogen and oxygen atoms in total. The molecule has 0 spiro atoms. The number of nitrogens with one attached hydrogen (secondary N) is 3. The van der Waals surface area contributed by atoms with E-state index >= 15 is 0 Å². The van der Waals surface area contributed by atoms with Crippen LogP contribution in [0, 0.1) is 0 Å².